The minimum Gasteiger partial charge on any atom is -0.350 e. The lowest BCUT2D eigenvalue weighted by molar-refractivity contribution is 0.0943. The summed E-state index contributed by atoms with van der Waals surface area (Å²) in [5, 5.41) is 7.42. The van der Waals surface area contributed by atoms with Gasteiger partial charge < -0.3 is 5.32 Å². The maximum absolute atomic E-state index is 13.5. The van der Waals surface area contributed by atoms with E-state index in [-0.39, 0.29) is 23.5 Å². The maximum Gasteiger partial charge on any atom is 0.281 e. The lowest BCUT2D eigenvalue weighted by Gasteiger charge is -2.25. The maximum atomic E-state index is 13.5. The fourth-order valence-corrected chi connectivity index (χ4v) is 4.62. The molecule has 1 N–H and O–H groups in total. The van der Waals surface area contributed by atoms with Gasteiger partial charge in [-0.05, 0) is 55.8 Å². The van der Waals surface area contributed by atoms with E-state index in [1.807, 2.05) is 13.8 Å². The number of carbonyl (C=O) groups is 1. The fraction of sp³-hybridized carbons (Fsp3) is 0.238. The number of aryl methyl sites for hydroxylation is 1. The number of anilines is 1. The molecule has 9 heteroatoms. The highest BCUT2D eigenvalue weighted by atomic mass is 35.5. The normalized spacial score (nSPS) is 11.5. The van der Waals surface area contributed by atoms with Crippen LogP contribution in [0.25, 0.3) is 0 Å². The van der Waals surface area contributed by atoms with E-state index in [0.717, 1.165) is 5.56 Å². The quantitative estimate of drug-likeness (QED) is 0.600. The SMILES string of the molecule is CC(C)NC(=O)c1cccc(N(Cc2ccc(Cl)cc2)S(=O)(=O)c2ccnn2C)c1. The lowest BCUT2D eigenvalue weighted by atomic mass is 10.1. The summed E-state index contributed by atoms with van der Waals surface area (Å²) >= 11 is 5.97. The summed E-state index contributed by atoms with van der Waals surface area (Å²) in [6.07, 6.45) is 1.43. The molecule has 30 heavy (non-hydrogen) atoms. The standard InChI is InChI=1S/C21H23ClN4O3S/c1-15(2)24-21(27)17-5-4-6-19(13-17)26(14-16-7-9-18(22)10-8-16)30(28,29)20-11-12-23-25(20)3/h4-13,15H,14H2,1-3H3,(H,24,27). The van der Waals surface area contributed by atoms with E-state index in [9.17, 15) is 13.2 Å². The minimum absolute atomic E-state index is 0.0375. The molecule has 3 aromatic rings. The van der Waals surface area contributed by atoms with Gasteiger partial charge in [0.1, 0.15) is 0 Å². The van der Waals surface area contributed by atoms with Gasteiger partial charge in [0.05, 0.1) is 18.4 Å². The predicted molar refractivity (Wildman–Crippen MR) is 117 cm³/mol. The van der Waals surface area contributed by atoms with E-state index in [4.69, 9.17) is 11.6 Å². The lowest BCUT2D eigenvalue weighted by Crippen LogP contribution is -2.33. The van der Waals surface area contributed by atoms with Crippen LogP contribution in [0, 0.1) is 0 Å². The Balaban J connectivity index is 2.07. The molecule has 7 nitrogen and oxygen atoms in total. The van der Waals surface area contributed by atoms with Crippen molar-refractivity contribution >= 4 is 33.2 Å². The van der Waals surface area contributed by atoms with Crippen LogP contribution in [0.15, 0.2) is 65.8 Å². The van der Waals surface area contributed by atoms with Crippen LogP contribution in [-0.2, 0) is 23.6 Å². The second-order valence-corrected chi connectivity index (χ2v) is 9.36. The van der Waals surface area contributed by atoms with Gasteiger partial charge in [-0.25, -0.2) is 0 Å². The van der Waals surface area contributed by atoms with E-state index in [2.05, 4.69) is 10.4 Å². The molecule has 0 unspecified atom stereocenters. The molecule has 0 saturated heterocycles. The number of halogens is 1. The van der Waals surface area contributed by atoms with Crippen LogP contribution in [0.2, 0.25) is 5.02 Å². The van der Waals surface area contributed by atoms with Crippen molar-refractivity contribution in [3.63, 3.8) is 0 Å². The first-order valence-corrected chi connectivity index (χ1v) is 11.2. The number of carbonyl (C=O) groups excluding carboxylic acids is 1. The second-order valence-electron chi connectivity index (χ2n) is 7.11. The average molecular weight is 447 g/mol. The van der Waals surface area contributed by atoms with Crippen LogP contribution in [0.3, 0.4) is 0 Å². The number of hydrogen-bond donors (Lipinski definition) is 1. The molecule has 0 bridgehead atoms. The number of nitrogens with zero attached hydrogens (tertiary/aromatic N) is 3. The Morgan fingerprint density at radius 2 is 1.87 bits per heavy atom. The zero-order chi connectivity index (χ0) is 21.9. The van der Waals surface area contributed by atoms with Crippen LogP contribution in [0.1, 0.15) is 29.8 Å². The molecule has 1 aromatic heterocycles. The number of sulfonamides is 1. The molecule has 158 valence electrons. The van der Waals surface area contributed by atoms with Crippen LogP contribution in [-0.4, -0.2) is 30.1 Å². The van der Waals surface area contributed by atoms with Gasteiger partial charge in [0.2, 0.25) is 0 Å². The molecule has 1 amide bonds. The van der Waals surface area contributed by atoms with Gasteiger partial charge in [-0.3, -0.25) is 13.8 Å². The number of rotatable bonds is 7. The Morgan fingerprint density at radius 1 is 1.17 bits per heavy atom. The summed E-state index contributed by atoms with van der Waals surface area (Å²) < 4.78 is 29.5. The van der Waals surface area contributed by atoms with Crippen molar-refractivity contribution in [2.24, 2.45) is 7.05 Å². The van der Waals surface area contributed by atoms with Crippen molar-refractivity contribution in [1.82, 2.24) is 15.1 Å². The fourth-order valence-electron chi connectivity index (χ4n) is 2.95. The molecular weight excluding hydrogens is 424 g/mol. The third-order valence-corrected chi connectivity index (χ3v) is 6.49. The van der Waals surface area contributed by atoms with Crippen molar-refractivity contribution < 1.29 is 13.2 Å². The van der Waals surface area contributed by atoms with Gasteiger partial charge in [0, 0.05) is 23.7 Å². The van der Waals surface area contributed by atoms with Crippen molar-refractivity contribution in [1.29, 1.82) is 0 Å². The summed E-state index contributed by atoms with van der Waals surface area (Å²) in [7, 11) is -2.38. The number of nitrogens with one attached hydrogen (secondary N) is 1. The van der Waals surface area contributed by atoms with Gasteiger partial charge in [-0.2, -0.15) is 13.5 Å². The van der Waals surface area contributed by atoms with Gasteiger partial charge in [0.15, 0.2) is 5.03 Å². The predicted octanol–water partition coefficient (Wildman–Crippen LogP) is 3.61. The zero-order valence-electron chi connectivity index (χ0n) is 16.9. The van der Waals surface area contributed by atoms with Gasteiger partial charge in [-0.15, -0.1) is 0 Å². The number of benzene rings is 2. The molecule has 0 atom stereocenters. The third-order valence-electron chi connectivity index (χ3n) is 4.39. The Hall–Kier alpha value is -2.84. The Labute approximate surface area is 181 Å². The third kappa shape index (κ3) is 4.83. The topological polar surface area (TPSA) is 84.3 Å². The first-order valence-electron chi connectivity index (χ1n) is 9.34. The smallest absolute Gasteiger partial charge is 0.281 e. The van der Waals surface area contributed by atoms with Crippen molar-refractivity contribution in [2.75, 3.05) is 4.31 Å². The monoisotopic (exact) mass is 446 g/mol. The van der Waals surface area contributed by atoms with Crippen molar-refractivity contribution in [2.45, 2.75) is 31.5 Å². The Bertz CT molecular complexity index is 1140. The summed E-state index contributed by atoms with van der Waals surface area (Å²) in [6, 6.07) is 14.9. The van der Waals surface area contributed by atoms with E-state index in [0.29, 0.717) is 16.3 Å². The Kier molecular flexibility index (Phi) is 6.48. The molecule has 0 spiro atoms. The summed E-state index contributed by atoms with van der Waals surface area (Å²) in [5.41, 5.74) is 1.51. The molecular formula is C21H23ClN4O3S. The van der Waals surface area contributed by atoms with Crippen LogP contribution >= 0.6 is 11.6 Å². The van der Waals surface area contributed by atoms with E-state index in [1.54, 1.807) is 55.6 Å². The Morgan fingerprint density at radius 3 is 2.47 bits per heavy atom. The molecule has 0 fully saturated rings. The summed E-state index contributed by atoms with van der Waals surface area (Å²) in [4.78, 5) is 12.5. The van der Waals surface area contributed by atoms with E-state index in [1.165, 1.54) is 21.3 Å². The zero-order valence-corrected chi connectivity index (χ0v) is 18.5. The van der Waals surface area contributed by atoms with E-state index >= 15 is 0 Å². The highest BCUT2D eigenvalue weighted by Gasteiger charge is 2.28. The van der Waals surface area contributed by atoms with Gasteiger partial charge in [0.25, 0.3) is 15.9 Å². The van der Waals surface area contributed by atoms with Crippen LogP contribution < -0.4 is 9.62 Å². The first-order chi connectivity index (χ1) is 14.2. The molecule has 3 rings (SSSR count). The molecule has 0 saturated carbocycles. The molecule has 0 aliphatic carbocycles. The number of aromatic nitrogens is 2. The summed E-state index contributed by atoms with van der Waals surface area (Å²) in [5.74, 6) is -0.267. The minimum atomic E-state index is -3.95. The van der Waals surface area contributed by atoms with Crippen molar-refractivity contribution in [3.05, 3.63) is 76.9 Å². The molecule has 0 aliphatic heterocycles. The van der Waals surface area contributed by atoms with Gasteiger partial charge in [-0.1, -0.05) is 29.8 Å². The molecule has 0 aliphatic rings. The van der Waals surface area contributed by atoms with Gasteiger partial charge >= 0.3 is 0 Å². The number of hydrogen-bond acceptors (Lipinski definition) is 4. The largest absolute Gasteiger partial charge is 0.350 e. The molecule has 1 heterocycles. The highest BCUT2D eigenvalue weighted by Crippen LogP contribution is 2.27. The van der Waals surface area contributed by atoms with Crippen LogP contribution in [0.5, 0.6) is 0 Å². The molecule has 2 aromatic carbocycles. The number of amides is 1. The second kappa shape index (κ2) is 8.89. The van der Waals surface area contributed by atoms with Crippen molar-refractivity contribution in [3.8, 4) is 0 Å². The first kappa shape index (κ1) is 21.9. The highest BCUT2D eigenvalue weighted by molar-refractivity contribution is 7.92. The summed E-state index contributed by atoms with van der Waals surface area (Å²) in [6.45, 7) is 3.79. The van der Waals surface area contributed by atoms with Crippen LogP contribution in [0.4, 0.5) is 5.69 Å². The average Bonchev–Trinajstić information content (AvgIpc) is 3.14. The van der Waals surface area contributed by atoms with E-state index < -0.39 is 10.0 Å². The molecule has 0 radical (unpaired) electrons.